The van der Waals surface area contributed by atoms with Gasteiger partial charge in [-0.15, -0.1) is 0 Å². The van der Waals surface area contributed by atoms with Gasteiger partial charge >= 0.3 is 0 Å². The van der Waals surface area contributed by atoms with E-state index >= 15 is 0 Å². The number of fused-ring (bicyclic) bond motifs is 1. The van der Waals surface area contributed by atoms with Gasteiger partial charge in [0.15, 0.2) is 0 Å². The average molecular weight is 240 g/mol. The molecular formula is C15H16N2O. The van der Waals surface area contributed by atoms with Crippen LogP contribution in [0, 0.1) is 11.3 Å². The third-order valence-electron chi connectivity index (χ3n) is 2.94. The molecule has 3 nitrogen and oxygen atoms in total. The molecule has 0 aliphatic heterocycles. The SMILES string of the molecule is N#Cc1ccc(NCCCCO)c2ccccc12. The van der Waals surface area contributed by atoms with E-state index in [9.17, 15) is 0 Å². The minimum atomic E-state index is 0.232. The molecule has 0 amide bonds. The normalized spacial score (nSPS) is 10.2. The van der Waals surface area contributed by atoms with Crippen molar-refractivity contribution < 1.29 is 5.11 Å². The number of nitrogens with one attached hydrogen (secondary N) is 1. The van der Waals surface area contributed by atoms with Gasteiger partial charge in [0.05, 0.1) is 11.6 Å². The van der Waals surface area contributed by atoms with Crippen molar-refractivity contribution in [3.05, 3.63) is 42.0 Å². The zero-order valence-corrected chi connectivity index (χ0v) is 10.2. The number of nitrogens with zero attached hydrogens (tertiary/aromatic N) is 1. The number of nitriles is 1. The van der Waals surface area contributed by atoms with Gasteiger partial charge in [-0.05, 0) is 25.0 Å². The van der Waals surface area contributed by atoms with E-state index in [0.29, 0.717) is 5.56 Å². The number of rotatable bonds is 5. The molecule has 92 valence electrons. The minimum Gasteiger partial charge on any atom is -0.396 e. The molecule has 3 heteroatoms. The summed E-state index contributed by atoms with van der Waals surface area (Å²) in [6, 6.07) is 13.9. The van der Waals surface area contributed by atoms with Crippen molar-refractivity contribution in [1.82, 2.24) is 0 Å². The molecule has 0 unspecified atom stereocenters. The van der Waals surface area contributed by atoms with Crippen LogP contribution in [0.1, 0.15) is 18.4 Å². The Balaban J connectivity index is 2.27. The molecule has 2 aromatic rings. The molecule has 0 radical (unpaired) electrons. The van der Waals surface area contributed by atoms with Crippen LogP contribution in [0.5, 0.6) is 0 Å². The maximum absolute atomic E-state index is 9.07. The fourth-order valence-electron chi connectivity index (χ4n) is 2.01. The smallest absolute Gasteiger partial charge is 0.0998 e. The van der Waals surface area contributed by atoms with Crippen molar-refractivity contribution >= 4 is 16.5 Å². The molecule has 0 fully saturated rings. The molecule has 0 aliphatic rings. The van der Waals surface area contributed by atoms with Gasteiger partial charge in [0.2, 0.25) is 0 Å². The third kappa shape index (κ3) is 2.61. The van der Waals surface area contributed by atoms with Gasteiger partial charge < -0.3 is 10.4 Å². The first-order chi connectivity index (χ1) is 8.86. The van der Waals surface area contributed by atoms with Crippen molar-refractivity contribution in [3.8, 4) is 6.07 Å². The summed E-state index contributed by atoms with van der Waals surface area (Å²) in [5.74, 6) is 0. The van der Waals surface area contributed by atoms with Crippen LogP contribution in [0.2, 0.25) is 0 Å². The quantitative estimate of drug-likeness (QED) is 0.790. The zero-order chi connectivity index (χ0) is 12.8. The lowest BCUT2D eigenvalue weighted by molar-refractivity contribution is 0.286. The highest BCUT2D eigenvalue weighted by Crippen LogP contribution is 2.26. The third-order valence-corrected chi connectivity index (χ3v) is 2.94. The van der Waals surface area contributed by atoms with Crippen molar-refractivity contribution in [2.24, 2.45) is 0 Å². The van der Waals surface area contributed by atoms with E-state index in [2.05, 4.69) is 11.4 Å². The van der Waals surface area contributed by atoms with Crippen molar-refractivity contribution in [3.63, 3.8) is 0 Å². The Morgan fingerprint density at radius 1 is 1.06 bits per heavy atom. The molecule has 0 heterocycles. The molecule has 2 aromatic carbocycles. The van der Waals surface area contributed by atoms with Gasteiger partial charge in [-0.1, -0.05) is 24.3 Å². The fourth-order valence-corrected chi connectivity index (χ4v) is 2.01. The van der Waals surface area contributed by atoms with Crippen LogP contribution in [0.4, 0.5) is 5.69 Å². The molecule has 0 atom stereocenters. The highest BCUT2D eigenvalue weighted by atomic mass is 16.2. The van der Waals surface area contributed by atoms with Crippen molar-refractivity contribution in [2.45, 2.75) is 12.8 Å². The van der Waals surface area contributed by atoms with E-state index < -0.39 is 0 Å². The predicted molar refractivity (Wildman–Crippen MR) is 73.5 cm³/mol. The largest absolute Gasteiger partial charge is 0.396 e. The maximum atomic E-state index is 9.07. The highest BCUT2D eigenvalue weighted by Gasteiger charge is 2.04. The second-order valence-corrected chi connectivity index (χ2v) is 4.18. The van der Waals surface area contributed by atoms with Gasteiger partial charge in [-0.25, -0.2) is 0 Å². The number of aliphatic hydroxyl groups is 1. The van der Waals surface area contributed by atoms with Gasteiger partial charge in [-0.2, -0.15) is 5.26 Å². The molecular weight excluding hydrogens is 224 g/mol. The van der Waals surface area contributed by atoms with Crippen LogP contribution in [-0.2, 0) is 0 Å². The van der Waals surface area contributed by atoms with Crippen molar-refractivity contribution in [1.29, 1.82) is 5.26 Å². The Bertz CT molecular complexity index is 572. The van der Waals surface area contributed by atoms with Crippen LogP contribution in [-0.4, -0.2) is 18.3 Å². The second-order valence-electron chi connectivity index (χ2n) is 4.18. The predicted octanol–water partition coefficient (Wildman–Crippen LogP) is 2.90. The van der Waals surface area contributed by atoms with Crippen LogP contribution < -0.4 is 5.32 Å². The molecule has 0 aliphatic carbocycles. The maximum Gasteiger partial charge on any atom is 0.0998 e. The molecule has 2 rings (SSSR count). The first kappa shape index (κ1) is 12.4. The Kier molecular flexibility index (Phi) is 4.16. The molecule has 2 N–H and O–H groups in total. The summed E-state index contributed by atoms with van der Waals surface area (Å²) in [5, 5.41) is 23.2. The topological polar surface area (TPSA) is 56.0 Å². The summed E-state index contributed by atoms with van der Waals surface area (Å²) in [6.45, 7) is 1.06. The zero-order valence-electron chi connectivity index (χ0n) is 10.2. The number of hydrogen-bond acceptors (Lipinski definition) is 3. The van der Waals surface area contributed by atoms with E-state index in [4.69, 9.17) is 10.4 Å². The molecule has 0 aromatic heterocycles. The van der Waals surface area contributed by atoms with Crippen LogP contribution in [0.25, 0.3) is 10.8 Å². The number of aliphatic hydroxyl groups excluding tert-OH is 1. The lowest BCUT2D eigenvalue weighted by Gasteiger charge is -2.10. The Morgan fingerprint density at radius 3 is 2.56 bits per heavy atom. The van der Waals surface area contributed by atoms with Gasteiger partial charge in [0.1, 0.15) is 0 Å². The Morgan fingerprint density at radius 2 is 1.83 bits per heavy atom. The summed E-state index contributed by atoms with van der Waals surface area (Å²) in [7, 11) is 0. The summed E-state index contributed by atoms with van der Waals surface area (Å²) >= 11 is 0. The van der Waals surface area contributed by atoms with Crippen LogP contribution in [0.15, 0.2) is 36.4 Å². The molecule has 0 spiro atoms. The molecule has 0 saturated heterocycles. The van der Waals surface area contributed by atoms with E-state index in [1.54, 1.807) is 0 Å². The number of anilines is 1. The van der Waals surface area contributed by atoms with Gasteiger partial charge in [0, 0.05) is 29.6 Å². The van der Waals surface area contributed by atoms with E-state index in [0.717, 1.165) is 35.8 Å². The second kappa shape index (κ2) is 6.04. The van der Waals surface area contributed by atoms with E-state index in [1.165, 1.54) is 0 Å². The molecule has 0 saturated carbocycles. The monoisotopic (exact) mass is 240 g/mol. The van der Waals surface area contributed by atoms with Crippen molar-refractivity contribution in [2.75, 3.05) is 18.5 Å². The van der Waals surface area contributed by atoms with E-state index in [-0.39, 0.29) is 6.61 Å². The number of hydrogen-bond donors (Lipinski definition) is 2. The number of benzene rings is 2. The van der Waals surface area contributed by atoms with Crippen LogP contribution in [0.3, 0.4) is 0 Å². The standard InChI is InChI=1S/C15H16N2O/c16-11-12-7-8-15(17-9-3-4-10-18)14-6-2-1-5-13(12)14/h1-2,5-8,17-18H,3-4,9-10H2. The Labute approximate surface area is 107 Å². The summed E-state index contributed by atoms with van der Waals surface area (Å²) in [4.78, 5) is 0. The number of unbranched alkanes of at least 4 members (excludes halogenated alkanes) is 1. The van der Waals surface area contributed by atoms with E-state index in [1.807, 2.05) is 36.4 Å². The van der Waals surface area contributed by atoms with Gasteiger partial charge in [-0.3, -0.25) is 0 Å². The first-order valence-corrected chi connectivity index (χ1v) is 6.13. The summed E-state index contributed by atoms with van der Waals surface area (Å²) in [6.07, 6.45) is 1.74. The first-order valence-electron chi connectivity index (χ1n) is 6.13. The average Bonchev–Trinajstić information content (AvgIpc) is 2.43. The van der Waals surface area contributed by atoms with Gasteiger partial charge in [0.25, 0.3) is 0 Å². The summed E-state index contributed by atoms with van der Waals surface area (Å²) < 4.78 is 0. The minimum absolute atomic E-state index is 0.232. The molecule has 18 heavy (non-hydrogen) atoms. The molecule has 0 bridgehead atoms. The lowest BCUT2D eigenvalue weighted by atomic mass is 10.0. The Hall–Kier alpha value is -2.05. The summed E-state index contributed by atoms with van der Waals surface area (Å²) in [5.41, 5.74) is 1.74. The fraction of sp³-hybridized carbons (Fsp3) is 0.267. The lowest BCUT2D eigenvalue weighted by Crippen LogP contribution is -2.03. The highest BCUT2D eigenvalue weighted by molar-refractivity contribution is 5.97. The van der Waals surface area contributed by atoms with Crippen LogP contribution >= 0.6 is 0 Å².